The van der Waals surface area contributed by atoms with E-state index in [4.69, 9.17) is 0 Å². The Morgan fingerprint density at radius 3 is 2.75 bits per heavy atom. The fourth-order valence-corrected chi connectivity index (χ4v) is 2.47. The first-order chi connectivity index (χ1) is 11.5. The van der Waals surface area contributed by atoms with Gasteiger partial charge in [0.2, 0.25) is 0 Å². The number of aliphatic hydroxyl groups is 1. The Hall–Kier alpha value is -2.93. The van der Waals surface area contributed by atoms with Crippen LogP contribution < -0.4 is 5.32 Å². The summed E-state index contributed by atoms with van der Waals surface area (Å²) in [6.07, 6.45) is 5.42. The Bertz CT molecular complexity index is 825. The lowest BCUT2D eigenvalue weighted by molar-refractivity contribution is -0.130. The molecular formula is C17H19N5O2. The number of amides is 1. The van der Waals surface area contributed by atoms with Crippen LogP contribution in [0.25, 0.3) is 5.69 Å². The highest BCUT2D eigenvalue weighted by Gasteiger charge is 2.21. The van der Waals surface area contributed by atoms with Crippen molar-refractivity contribution in [2.24, 2.45) is 7.05 Å². The lowest BCUT2D eigenvalue weighted by Gasteiger charge is -2.17. The highest BCUT2D eigenvalue weighted by Crippen LogP contribution is 2.18. The van der Waals surface area contributed by atoms with E-state index in [1.165, 1.54) is 6.20 Å². The third kappa shape index (κ3) is 3.36. The number of benzene rings is 1. The number of carbonyl (C=O) groups is 1. The van der Waals surface area contributed by atoms with Crippen LogP contribution in [0.4, 0.5) is 0 Å². The molecule has 2 atom stereocenters. The molecule has 7 heteroatoms. The molecule has 0 aliphatic rings. The van der Waals surface area contributed by atoms with Crippen molar-refractivity contribution in [1.29, 1.82) is 0 Å². The van der Waals surface area contributed by atoms with Crippen molar-refractivity contribution in [3.63, 3.8) is 0 Å². The minimum absolute atomic E-state index is 0.251. The van der Waals surface area contributed by atoms with E-state index >= 15 is 0 Å². The summed E-state index contributed by atoms with van der Waals surface area (Å²) >= 11 is 0. The fraction of sp³-hybridized carbons (Fsp3) is 0.235. The zero-order chi connectivity index (χ0) is 17.1. The number of hydrogen-bond donors (Lipinski definition) is 2. The molecule has 7 nitrogen and oxygen atoms in total. The SMILES string of the molecule is CC(NC(=O)C(O)c1cnn(C)c1)c1cccc(-n2cccn2)c1. The Morgan fingerprint density at radius 2 is 2.08 bits per heavy atom. The quantitative estimate of drug-likeness (QED) is 0.745. The lowest BCUT2D eigenvalue weighted by atomic mass is 10.1. The van der Waals surface area contributed by atoms with Gasteiger partial charge in [0.25, 0.3) is 5.91 Å². The number of carbonyl (C=O) groups excluding carboxylic acids is 1. The van der Waals surface area contributed by atoms with Gasteiger partial charge in [0.15, 0.2) is 6.10 Å². The van der Waals surface area contributed by atoms with Gasteiger partial charge in [0.1, 0.15) is 0 Å². The van der Waals surface area contributed by atoms with E-state index in [-0.39, 0.29) is 6.04 Å². The van der Waals surface area contributed by atoms with E-state index < -0.39 is 12.0 Å². The second kappa shape index (κ2) is 6.67. The molecular weight excluding hydrogens is 306 g/mol. The Kier molecular flexibility index (Phi) is 4.43. The number of nitrogens with one attached hydrogen (secondary N) is 1. The summed E-state index contributed by atoms with van der Waals surface area (Å²) in [5, 5.41) is 21.1. The minimum atomic E-state index is -1.24. The van der Waals surface area contributed by atoms with Crippen molar-refractivity contribution < 1.29 is 9.90 Å². The van der Waals surface area contributed by atoms with Gasteiger partial charge < -0.3 is 10.4 Å². The maximum Gasteiger partial charge on any atom is 0.254 e. The van der Waals surface area contributed by atoms with Crippen LogP contribution in [0.3, 0.4) is 0 Å². The van der Waals surface area contributed by atoms with Gasteiger partial charge in [-0.1, -0.05) is 12.1 Å². The van der Waals surface area contributed by atoms with Crippen LogP contribution >= 0.6 is 0 Å². The van der Waals surface area contributed by atoms with E-state index in [1.807, 2.05) is 43.5 Å². The summed E-state index contributed by atoms with van der Waals surface area (Å²) in [5.41, 5.74) is 2.30. The first-order valence-corrected chi connectivity index (χ1v) is 7.61. The van der Waals surface area contributed by atoms with Crippen LogP contribution in [0, 0.1) is 0 Å². The first-order valence-electron chi connectivity index (χ1n) is 7.61. The largest absolute Gasteiger partial charge is 0.378 e. The number of aryl methyl sites for hydroxylation is 1. The van der Waals surface area contributed by atoms with E-state index in [2.05, 4.69) is 15.5 Å². The van der Waals surface area contributed by atoms with Crippen molar-refractivity contribution in [1.82, 2.24) is 24.9 Å². The Morgan fingerprint density at radius 1 is 1.25 bits per heavy atom. The molecule has 0 saturated carbocycles. The molecule has 2 N–H and O–H groups in total. The smallest absolute Gasteiger partial charge is 0.254 e. The molecule has 0 aliphatic heterocycles. The predicted octanol–water partition coefficient (Wildman–Crippen LogP) is 1.52. The average Bonchev–Trinajstić information content (AvgIpc) is 3.25. The van der Waals surface area contributed by atoms with Gasteiger partial charge in [0, 0.05) is 31.2 Å². The normalized spacial score (nSPS) is 13.5. The first kappa shape index (κ1) is 15.9. The molecule has 24 heavy (non-hydrogen) atoms. The summed E-state index contributed by atoms with van der Waals surface area (Å²) in [4.78, 5) is 12.2. The summed E-state index contributed by atoms with van der Waals surface area (Å²) in [7, 11) is 1.73. The summed E-state index contributed by atoms with van der Waals surface area (Å²) in [5.74, 6) is -0.458. The van der Waals surface area contributed by atoms with Crippen LogP contribution in [0.2, 0.25) is 0 Å². The molecule has 0 bridgehead atoms. The summed E-state index contributed by atoms with van der Waals surface area (Å²) in [6.45, 7) is 1.87. The molecule has 0 aliphatic carbocycles. The third-order valence-corrected chi connectivity index (χ3v) is 3.79. The molecule has 2 aromatic heterocycles. The molecule has 2 heterocycles. The summed E-state index contributed by atoms with van der Waals surface area (Å²) in [6, 6.07) is 9.33. The lowest BCUT2D eigenvalue weighted by Crippen LogP contribution is -2.31. The van der Waals surface area contributed by atoms with Crippen molar-refractivity contribution in [3.8, 4) is 5.69 Å². The van der Waals surface area contributed by atoms with Gasteiger partial charge in [-0.15, -0.1) is 0 Å². The molecule has 0 fully saturated rings. The van der Waals surface area contributed by atoms with Crippen LogP contribution in [-0.4, -0.2) is 30.6 Å². The van der Waals surface area contributed by atoms with Gasteiger partial charge in [0.05, 0.1) is 17.9 Å². The fourth-order valence-electron chi connectivity index (χ4n) is 2.47. The topological polar surface area (TPSA) is 85.0 Å². The monoisotopic (exact) mass is 325 g/mol. The molecule has 3 aromatic rings. The van der Waals surface area contributed by atoms with Crippen molar-refractivity contribution in [3.05, 3.63) is 66.2 Å². The van der Waals surface area contributed by atoms with Gasteiger partial charge in [-0.2, -0.15) is 10.2 Å². The molecule has 124 valence electrons. The average molecular weight is 325 g/mol. The van der Waals surface area contributed by atoms with Crippen molar-refractivity contribution in [2.75, 3.05) is 0 Å². The molecule has 1 amide bonds. The van der Waals surface area contributed by atoms with Crippen molar-refractivity contribution >= 4 is 5.91 Å². The van der Waals surface area contributed by atoms with Gasteiger partial charge in [-0.25, -0.2) is 4.68 Å². The molecule has 0 saturated heterocycles. The third-order valence-electron chi connectivity index (χ3n) is 3.79. The highest BCUT2D eigenvalue weighted by atomic mass is 16.3. The van der Waals surface area contributed by atoms with Gasteiger partial charge >= 0.3 is 0 Å². The Labute approximate surface area is 139 Å². The number of aliphatic hydroxyl groups excluding tert-OH is 1. The molecule has 2 unspecified atom stereocenters. The molecule has 0 spiro atoms. The summed E-state index contributed by atoms with van der Waals surface area (Å²) < 4.78 is 3.30. The van der Waals surface area contributed by atoms with E-state index in [0.717, 1.165) is 11.3 Å². The Balaban J connectivity index is 1.71. The molecule has 0 radical (unpaired) electrons. The number of rotatable bonds is 5. The minimum Gasteiger partial charge on any atom is -0.378 e. The second-order valence-electron chi connectivity index (χ2n) is 5.63. The number of nitrogens with zero attached hydrogens (tertiary/aromatic N) is 4. The van der Waals surface area contributed by atoms with E-state index in [0.29, 0.717) is 5.56 Å². The van der Waals surface area contributed by atoms with Crippen molar-refractivity contribution in [2.45, 2.75) is 19.1 Å². The van der Waals surface area contributed by atoms with Crippen LogP contribution in [0.15, 0.2) is 55.1 Å². The molecule has 1 aromatic carbocycles. The van der Waals surface area contributed by atoms with Crippen LogP contribution in [0.5, 0.6) is 0 Å². The van der Waals surface area contributed by atoms with Gasteiger partial charge in [-0.3, -0.25) is 9.48 Å². The number of aromatic nitrogens is 4. The van der Waals surface area contributed by atoms with Crippen LogP contribution in [-0.2, 0) is 11.8 Å². The van der Waals surface area contributed by atoms with Crippen LogP contribution in [0.1, 0.15) is 30.2 Å². The predicted molar refractivity (Wildman–Crippen MR) is 88.3 cm³/mol. The van der Waals surface area contributed by atoms with Gasteiger partial charge in [-0.05, 0) is 30.7 Å². The molecule has 3 rings (SSSR count). The zero-order valence-electron chi connectivity index (χ0n) is 13.5. The highest BCUT2D eigenvalue weighted by molar-refractivity contribution is 5.82. The second-order valence-corrected chi connectivity index (χ2v) is 5.63. The maximum absolute atomic E-state index is 12.2. The maximum atomic E-state index is 12.2. The number of hydrogen-bond acceptors (Lipinski definition) is 4. The standard InChI is InChI=1S/C17H19N5O2/c1-12(20-17(24)16(23)14-10-19-21(2)11-14)13-5-3-6-15(9-13)22-8-4-7-18-22/h3-12,16,23H,1-2H3,(H,20,24). The van der Waals surface area contributed by atoms with E-state index in [9.17, 15) is 9.90 Å². The zero-order valence-corrected chi connectivity index (χ0v) is 13.5. The van der Waals surface area contributed by atoms with E-state index in [1.54, 1.807) is 28.8 Å².